The molecule has 4 heterocycles. The van der Waals surface area contributed by atoms with Crippen molar-refractivity contribution in [2.45, 2.75) is 25.9 Å². The number of non-ortho nitro benzene ring substituents is 1. The molecule has 15 nitrogen and oxygen atoms in total. The number of rotatable bonds is 8. The zero-order valence-electron chi connectivity index (χ0n) is 31.1. The molecule has 2 aliphatic rings. The summed E-state index contributed by atoms with van der Waals surface area (Å²) in [5.74, 6) is 2.18. The molecule has 4 aromatic carbocycles. The van der Waals surface area contributed by atoms with Crippen LogP contribution in [0, 0.1) is 10.1 Å². The first-order valence-electron chi connectivity index (χ1n) is 17.5. The number of hydrogen-bond acceptors (Lipinski definition) is 14. The monoisotopic (exact) mass is 745 g/mol. The molecule has 2 aromatic heterocycles. The number of aromatic nitrogens is 4. The number of carbonyl (C=O) groups excluding carboxylic acids is 1. The van der Waals surface area contributed by atoms with Gasteiger partial charge in [0.2, 0.25) is 0 Å². The number of fused-ring (bicyclic) bond motifs is 4. The highest BCUT2D eigenvalue weighted by Crippen LogP contribution is 2.38. The molecule has 0 aliphatic carbocycles. The first-order valence-corrected chi connectivity index (χ1v) is 17.5. The average molecular weight is 746 g/mol. The second-order valence-corrected chi connectivity index (χ2v) is 12.9. The minimum atomic E-state index is -0.361. The van der Waals surface area contributed by atoms with E-state index in [4.69, 9.17) is 23.7 Å². The van der Waals surface area contributed by atoms with Crippen molar-refractivity contribution in [3.8, 4) is 23.0 Å². The van der Waals surface area contributed by atoms with Crippen molar-refractivity contribution >= 4 is 44.8 Å². The molecule has 0 amide bonds. The van der Waals surface area contributed by atoms with Crippen LogP contribution in [0.1, 0.15) is 32.6 Å². The highest BCUT2D eigenvalue weighted by Gasteiger charge is 2.25. The standard InChI is InChI=1S/C21H21N3O4.C19H18N4O4/c1-26-19-9-16-17(10-20(19)27-2)23-22-11-18(16)24-8-7-14-13(12-24)5-4-6-15(14)21(25)28-3;1-26-18-8-15-16(9-19(18)27-2)21-20-10-17(15)22-6-5-12-3-4-14(23(24)25)7-13(12)11-22/h4-6,9-11H,7-8,12H2,1-3H3;3-4,7-10H,5-6,11H2,1-2H3. The summed E-state index contributed by atoms with van der Waals surface area (Å²) in [6.07, 6.45) is 5.04. The van der Waals surface area contributed by atoms with E-state index in [0.717, 1.165) is 75.8 Å². The summed E-state index contributed by atoms with van der Waals surface area (Å²) in [5, 5.41) is 29.7. The van der Waals surface area contributed by atoms with Gasteiger partial charge >= 0.3 is 5.97 Å². The SMILES string of the molecule is COC(=O)c1cccc2c1CCN(c1cnnc3cc(OC)c(OC)cc13)C2.COc1cc2nncc(N3CCc4ccc([N+](=O)[O-])cc4C3)c2cc1OC. The molecule has 0 unspecified atom stereocenters. The minimum Gasteiger partial charge on any atom is -0.493 e. The van der Waals surface area contributed by atoms with Gasteiger partial charge in [-0.05, 0) is 53.3 Å². The second-order valence-electron chi connectivity index (χ2n) is 12.9. The molecule has 0 N–H and O–H groups in total. The molecule has 0 saturated heterocycles. The van der Waals surface area contributed by atoms with Crippen molar-refractivity contribution in [2.75, 3.05) is 58.4 Å². The fraction of sp³-hybridized carbons (Fsp3) is 0.275. The maximum Gasteiger partial charge on any atom is 0.338 e. The van der Waals surface area contributed by atoms with E-state index in [2.05, 4.69) is 30.2 Å². The molecular weight excluding hydrogens is 706 g/mol. The number of hydrogen-bond donors (Lipinski definition) is 0. The Balaban J connectivity index is 0.000000169. The Kier molecular flexibility index (Phi) is 10.4. The molecule has 6 aromatic rings. The summed E-state index contributed by atoms with van der Waals surface area (Å²) >= 11 is 0. The highest BCUT2D eigenvalue weighted by molar-refractivity contribution is 5.95. The summed E-state index contributed by atoms with van der Waals surface area (Å²) < 4.78 is 26.5. The third-order valence-electron chi connectivity index (χ3n) is 10.0. The van der Waals surface area contributed by atoms with E-state index in [-0.39, 0.29) is 16.6 Å². The van der Waals surface area contributed by atoms with E-state index in [1.165, 1.54) is 7.11 Å². The molecule has 282 valence electrons. The van der Waals surface area contributed by atoms with Gasteiger partial charge in [-0.2, -0.15) is 20.4 Å². The maximum absolute atomic E-state index is 12.1. The zero-order chi connectivity index (χ0) is 38.6. The van der Waals surface area contributed by atoms with E-state index in [9.17, 15) is 14.9 Å². The molecule has 0 atom stereocenters. The Bertz CT molecular complexity index is 2420. The van der Waals surface area contributed by atoms with Gasteiger partial charge in [0.1, 0.15) is 0 Å². The second kappa shape index (κ2) is 15.7. The molecule has 15 heteroatoms. The first-order chi connectivity index (χ1) is 26.8. The number of anilines is 2. The average Bonchev–Trinajstić information content (AvgIpc) is 3.23. The summed E-state index contributed by atoms with van der Waals surface area (Å²) in [7, 11) is 7.79. The number of nitro groups is 1. The van der Waals surface area contributed by atoms with Gasteiger partial charge in [0, 0.05) is 61.2 Å². The Morgan fingerprint density at radius 1 is 0.673 bits per heavy atom. The summed E-state index contributed by atoms with van der Waals surface area (Å²) in [6, 6.07) is 18.3. The van der Waals surface area contributed by atoms with E-state index in [0.29, 0.717) is 47.2 Å². The lowest BCUT2D eigenvalue weighted by atomic mass is 9.94. The molecular formula is C40H39N7O8. The summed E-state index contributed by atoms with van der Waals surface area (Å²) in [5.41, 5.74) is 8.35. The molecule has 2 aliphatic heterocycles. The van der Waals surface area contributed by atoms with Crippen LogP contribution in [-0.2, 0) is 30.7 Å². The van der Waals surface area contributed by atoms with Crippen LogP contribution in [-0.4, -0.2) is 79.9 Å². The Labute approximate surface area is 316 Å². The van der Waals surface area contributed by atoms with Crippen LogP contribution in [0.3, 0.4) is 0 Å². The summed E-state index contributed by atoms with van der Waals surface area (Å²) in [4.78, 5) is 27.2. The van der Waals surface area contributed by atoms with Crippen molar-refractivity contribution in [3.05, 3.63) is 111 Å². The van der Waals surface area contributed by atoms with Gasteiger partial charge in [-0.3, -0.25) is 10.1 Å². The van der Waals surface area contributed by atoms with Crippen molar-refractivity contribution in [1.82, 2.24) is 20.4 Å². The molecule has 0 radical (unpaired) electrons. The first kappa shape index (κ1) is 36.6. The lowest BCUT2D eigenvalue weighted by Crippen LogP contribution is -2.31. The van der Waals surface area contributed by atoms with Crippen LogP contribution in [0.15, 0.2) is 73.1 Å². The lowest BCUT2D eigenvalue weighted by Gasteiger charge is -2.32. The molecule has 0 bridgehead atoms. The number of methoxy groups -OCH3 is 5. The Morgan fingerprint density at radius 2 is 1.22 bits per heavy atom. The van der Waals surface area contributed by atoms with Gasteiger partial charge in [0.05, 0.1) is 80.8 Å². The number of esters is 1. The Morgan fingerprint density at radius 3 is 1.76 bits per heavy atom. The van der Waals surface area contributed by atoms with Crippen LogP contribution in [0.4, 0.5) is 17.1 Å². The van der Waals surface area contributed by atoms with Gasteiger partial charge in [0.25, 0.3) is 5.69 Å². The van der Waals surface area contributed by atoms with E-state index in [1.807, 2.05) is 42.5 Å². The lowest BCUT2D eigenvalue weighted by molar-refractivity contribution is -0.384. The number of nitrogens with zero attached hydrogens (tertiary/aromatic N) is 7. The molecule has 8 rings (SSSR count). The van der Waals surface area contributed by atoms with Crippen LogP contribution in [0.25, 0.3) is 21.8 Å². The van der Waals surface area contributed by atoms with Crippen LogP contribution >= 0.6 is 0 Å². The highest BCUT2D eigenvalue weighted by atomic mass is 16.6. The predicted molar refractivity (Wildman–Crippen MR) is 206 cm³/mol. The van der Waals surface area contributed by atoms with Crippen LogP contribution < -0.4 is 28.7 Å². The van der Waals surface area contributed by atoms with E-state index < -0.39 is 0 Å². The largest absolute Gasteiger partial charge is 0.493 e. The van der Waals surface area contributed by atoms with E-state index in [1.54, 1.807) is 59.0 Å². The molecule has 0 saturated carbocycles. The van der Waals surface area contributed by atoms with Crippen molar-refractivity contribution in [1.29, 1.82) is 0 Å². The number of ether oxygens (including phenoxy) is 5. The van der Waals surface area contributed by atoms with Crippen LogP contribution in [0.5, 0.6) is 23.0 Å². The maximum atomic E-state index is 12.1. The number of nitro benzene ring substituents is 1. The predicted octanol–water partition coefficient (Wildman–Crippen LogP) is 6.11. The van der Waals surface area contributed by atoms with E-state index >= 15 is 0 Å². The zero-order valence-corrected chi connectivity index (χ0v) is 31.1. The molecule has 0 spiro atoms. The molecule has 0 fully saturated rings. The third kappa shape index (κ3) is 7.15. The van der Waals surface area contributed by atoms with Gasteiger partial charge in [-0.1, -0.05) is 18.2 Å². The smallest absolute Gasteiger partial charge is 0.338 e. The van der Waals surface area contributed by atoms with Crippen molar-refractivity contribution in [3.63, 3.8) is 0 Å². The topological polar surface area (TPSA) is 164 Å². The van der Waals surface area contributed by atoms with Gasteiger partial charge in [-0.25, -0.2) is 4.79 Å². The fourth-order valence-electron chi connectivity index (χ4n) is 7.23. The normalized spacial score (nSPS) is 13.3. The van der Waals surface area contributed by atoms with Gasteiger partial charge in [0.15, 0.2) is 23.0 Å². The molecule has 55 heavy (non-hydrogen) atoms. The third-order valence-corrected chi connectivity index (χ3v) is 10.0. The number of benzene rings is 4. The quantitative estimate of drug-likeness (QED) is 0.0995. The van der Waals surface area contributed by atoms with Crippen molar-refractivity contribution in [2.24, 2.45) is 0 Å². The van der Waals surface area contributed by atoms with Crippen molar-refractivity contribution < 1.29 is 33.4 Å². The minimum absolute atomic E-state index is 0.111. The fourth-order valence-corrected chi connectivity index (χ4v) is 7.23. The summed E-state index contributed by atoms with van der Waals surface area (Å²) in [6.45, 7) is 2.80. The van der Waals surface area contributed by atoms with Crippen LogP contribution in [0.2, 0.25) is 0 Å². The van der Waals surface area contributed by atoms with Gasteiger partial charge < -0.3 is 33.5 Å². The Hall–Kier alpha value is -6.77. The van der Waals surface area contributed by atoms with Gasteiger partial charge in [-0.15, -0.1) is 0 Å². The number of carbonyl (C=O) groups is 1.